The molecule has 0 aliphatic carbocycles. The standard InChI is InChI=1S/C8H9ClN2O/c1-6-3-4-7(10-5-6)11(2)8(9)12/h3-5H,1-2H3. The highest BCUT2D eigenvalue weighted by molar-refractivity contribution is 6.66. The predicted molar refractivity (Wildman–Crippen MR) is 48.6 cm³/mol. The Hall–Kier alpha value is -1.09. The van der Waals surface area contributed by atoms with Gasteiger partial charge in [0.2, 0.25) is 0 Å². The van der Waals surface area contributed by atoms with Crippen LogP contribution in [0.4, 0.5) is 10.6 Å². The SMILES string of the molecule is Cc1ccc(N(C)C(=O)Cl)nc1. The van der Waals surface area contributed by atoms with E-state index in [1.807, 2.05) is 13.0 Å². The molecule has 0 saturated carbocycles. The second-order valence-electron chi connectivity index (χ2n) is 2.51. The van der Waals surface area contributed by atoms with E-state index in [1.165, 1.54) is 4.90 Å². The summed E-state index contributed by atoms with van der Waals surface area (Å²) in [6.45, 7) is 1.93. The van der Waals surface area contributed by atoms with Gasteiger partial charge in [-0.2, -0.15) is 0 Å². The van der Waals surface area contributed by atoms with Crippen LogP contribution in [0.1, 0.15) is 5.56 Å². The Bertz CT molecular complexity index is 284. The predicted octanol–water partition coefficient (Wildman–Crippen LogP) is 2.19. The second-order valence-corrected chi connectivity index (χ2v) is 2.83. The summed E-state index contributed by atoms with van der Waals surface area (Å²) in [5, 5.41) is -0.536. The van der Waals surface area contributed by atoms with Crippen molar-refractivity contribution in [2.75, 3.05) is 11.9 Å². The molecule has 0 radical (unpaired) electrons. The summed E-state index contributed by atoms with van der Waals surface area (Å²) < 4.78 is 0. The van der Waals surface area contributed by atoms with Crippen LogP contribution in [0, 0.1) is 6.92 Å². The van der Waals surface area contributed by atoms with E-state index in [0.717, 1.165) is 5.56 Å². The third kappa shape index (κ3) is 1.95. The van der Waals surface area contributed by atoms with Crippen LogP contribution in [0.3, 0.4) is 0 Å². The van der Waals surface area contributed by atoms with Crippen molar-refractivity contribution >= 4 is 22.8 Å². The molecule has 0 bridgehead atoms. The van der Waals surface area contributed by atoms with Crippen molar-refractivity contribution in [2.45, 2.75) is 6.92 Å². The maximum atomic E-state index is 10.7. The Morgan fingerprint density at radius 2 is 2.25 bits per heavy atom. The van der Waals surface area contributed by atoms with Crippen LogP contribution in [-0.4, -0.2) is 17.4 Å². The molecule has 0 atom stereocenters. The minimum Gasteiger partial charge on any atom is -0.286 e. The quantitative estimate of drug-likeness (QED) is 0.495. The van der Waals surface area contributed by atoms with E-state index in [0.29, 0.717) is 5.82 Å². The highest BCUT2D eigenvalue weighted by atomic mass is 35.5. The summed E-state index contributed by atoms with van der Waals surface area (Å²) >= 11 is 5.25. The zero-order valence-electron chi connectivity index (χ0n) is 6.91. The average molecular weight is 185 g/mol. The molecule has 1 aromatic heterocycles. The van der Waals surface area contributed by atoms with Crippen molar-refractivity contribution in [1.29, 1.82) is 0 Å². The van der Waals surface area contributed by atoms with Gasteiger partial charge in [-0.3, -0.25) is 9.69 Å². The van der Waals surface area contributed by atoms with Crippen LogP contribution in [0.25, 0.3) is 0 Å². The van der Waals surface area contributed by atoms with Crippen molar-refractivity contribution in [3.63, 3.8) is 0 Å². The number of hydrogen-bond donors (Lipinski definition) is 0. The maximum absolute atomic E-state index is 10.7. The van der Waals surface area contributed by atoms with E-state index in [4.69, 9.17) is 11.6 Å². The van der Waals surface area contributed by atoms with Gasteiger partial charge >= 0.3 is 5.37 Å². The van der Waals surface area contributed by atoms with E-state index < -0.39 is 5.37 Å². The van der Waals surface area contributed by atoms with Crippen molar-refractivity contribution in [1.82, 2.24) is 4.98 Å². The minimum absolute atomic E-state index is 0.536. The number of carbonyl (C=O) groups is 1. The summed E-state index contributed by atoms with van der Waals surface area (Å²) in [5.74, 6) is 0.556. The fourth-order valence-corrected chi connectivity index (χ4v) is 0.835. The maximum Gasteiger partial charge on any atom is 0.321 e. The molecule has 4 heteroatoms. The molecule has 0 aromatic carbocycles. The van der Waals surface area contributed by atoms with Gasteiger partial charge in [0.25, 0.3) is 0 Å². The van der Waals surface area contributed by atoms with Crippen molar-refractivity contribution in [2.24, 2.45) is 0 Å². The van der Waals surface area contributed by atoms with Gasteiger partial charge in [0, 0.05) is 13.2 Å². The third-order valence-corrected chi connectivity index (χ3v) is 1.76. The minimum atomic E-state index is -0.536. The van der Waals surface area contributed by atoms with E-state index in [2.05, 4.69) is 4.98 Å². The van der Waals surface area contributed by atoms with Crippen LogP contribution >= 0.6 is 11.6 Å². The number of amides is 1. The monoisotopic (exact) mass is 184 g/mol. The van der Waals surface area contributed by atoms with Crippen LogP contribution in [0.5, 0.6) is 0 Å². The molecule has 64 valence electrons. The molecule has 0 saturated heterocycles. The first kappa shape index (κ1) is 9.00. The van der Waals surface area contributed by atoms with E-state index in [9.17, 15) is 4.79 Å². The van der Waals surface area contributed by atoms with Crippen molar-refractivity contribution in [3.8, 4) is 0 Å². The van der Waals surface area contributed by atoms with Crippen molar-refractivity contribution in [3.05, 3.63) is 23.9 Å². The molecule has 3 nitrogen and oxygen atoms in total. The molecule has 1 amide bonds. The van der Waals surface area contributed by atoms with Crippen LogP contribution in [-0.2, 0) is 0 Å². The lowest BCUT2D eigenvalue weighted by Crippen LogP contribution is -2.20. The van der Waals surface area contributed by atoms with Gasteiger partial charge in [0.05, 0.1) is 0 Å². The fourth-order valence-electron chi connectivity index (χ4n) is 0.748. The molecule has 0 fully saturated rings. The first-order chi connectivity index (χ1) is 5.61. The molecule has 1 heterocycles. The van der Waals surface area contributed by atoms with E-state index in [1.54, 1.807) is 19.3 Å². The molecule has 0 unspecified atom stereocenters. The number of aromatic nitrogens is 1. The molecular weight excluding hydrogens is 176 g/mol. The summed E-state index contributed by atoms with van der Waals surface area (Å²) in [5.41, 5.74) is 1.05. The Morgan fingerprint density at radius 3 is 2.67 bits per heavy atom. The zero-order valence-corrected chi connectivity index (χ0v) is 7.67. The van der Waals surface area contributed by atoms with Crippen LogP contribution in [0.15, 0.2) is 18.3 Å². The molecule has 1 aromatic rings. The number of halogens is 1. The highest BCUT2D eigenvalue weighted by Crippen LogP contribution is 2.10. The molecular formula is C8H9ClN2O. The molecule has 0 aliphatic heterocycles. The van der Waals surface area contributed by atoms with Gasteiger partial charge in [-0.1, -0.05) is 6.07 Å². The lowest BCUT2D eigenvalue weighted by atomic mass is 10.3. The zero-order chi connectivity index (χ0) is 9.14. The van der Waals surface area contributed by atoms with Gasteiger partial charge in [-0.25, -0.2) is 4.98 Å². The van der Waals surface area contributed by atoms with Gasteiger partial charge < -0.3 is 0 Å². The molecule has 12 heavy (non-hydrogen) atoms. The number of anilines is 1. The van der Waals surface area contributed by atoms with Gasteiger partial charge in [-0.05, 0) is 30.2 Å². The Kier molecular flexibility index (Phi) is 2.65. The first-order valence-corrected chi connectivity index (χ1v) is 3.85. The second kappa shape index (κ2) is 3.54. The largest absolute Gasteiger partial charge is 0.321 e. The first-order valence-electron chi connectivity index (χ1n) is 3.47. The fraction of sp³-hybridized carbons (Fsp3) is 0.250. The lowest BCUT2D eigenvalue weighted by Gasteiger charge is -2.11. The Morgan fingerprint density at radius 1 is 1.58 bits per heavy atom. The number of nitrogens with zero attached hydrogens (tertiary/aromatic N) is 2. The van der Waals surface area contributed by atoms with E-state index >= 15 is 0 Å². The number of rotatable bonds is 1. The molecule has 1 rings (SSSR count). The van der Waals surface area contributed by atoms with Gasteiger partial charge in [0.15, 0.2) is 0 Å². The Labute approximate surface area is 76.0 Å². The van der Waals surface area contributed by atoms with Crippen molar-refractivity contribution < 1.29 is 4.79 Å². The molecule has 0 N–H and O–H groups in total. The van der Waals surface area contributed by atoms with Gasteiger partial charge in [0.1, 0.15) is 5.82 Å². The number of pyridine rings is 1. The number of aryl methyl sites for hydroxylation is 1. The third-order valence-electron chi connectivity index (χ3n) is 1.50. The number of hydrogen-bond acceptors (Lipinski definition) is 2. The lowest BCUT2D eigenvalue weighted by molar-refractivity contribution is 0.265. The van der Waals surface area contributed by atoms with Crippen LogP contribution < -0.4 is 4.90 Å². The normalized spacial score (nSPS) is 9.58. The van der Waals surface area contributed by atoms with E-state index in [-0.39, 0.29) is 0 Å². The summed E-state index contributed by atoms with van der Waals surface area (Å²) in [7, 11) is 1.58. The smallest absolute Gasteiger partial charge is 0.286 e. The molecule has 0 aliphatic rings. The Balaban J connectivity index is 2.89. The average Bonchev–Trinajstić information content (AvgIpc) is 2.04. The van der Waals surface area contributed by atoms with Gasteiger partial charge in [-0.15, -0.1) is 0 Å². The number of carbonyl (C=O) groups excluding carboxylic acids is 1. The summed E-state index contributed by atoms with van der Waals surface area (Å²) in [6.07, 6.45) is 1.69. The highest BCUT2D eigenvalue weighted by Gasteiger charge is 2.07. The van der Waals surface area contributed by atoms with Crippen LogP contribution in [0.2, 0.25) is 0 Å². The summed E-state index contributed by atoms with van der Waals surface area (Å²) in [4.78, 5) is 16.0. The molecule has 0 spiro atoms. The summed E-state index contributed by atoms with van der Waals surface area (Å²) in [6, 6.07) is 3.62. The topological polar surface area (TPSA) is 33.2 Å².